The Morgan fingerprint density at radius 3 is 2.53 bits per heavy atom. The van der Waals surface area contributed by atoms with Crippen LogP contribution < -0.4 is 0 Å². The minimum atomic E-state index is -0.830. The zero-order chi connectivity index (χ0) is 14.6. The highest BCUT2D eigenvalue weighted by molar-refractivity contribution is 5.82. The number of hydrogen-bond acceptors (Lipinski definition) is 3. The maximum absolute atomic E-state index is 12.7. The largest absolute Gasteiger partial charge is 0.389 e. The van der Waals surface area contributed by atoms with Crippen LogP contribution in [0.4, 0.5) is 0 Å². The van der Waals surface area contributed by atoms with Crippen LogP contribution in [0.5, 0.6) is 0 Å². The average molecular weight is 270 g/mol. The Morgan fingerprint density at radius 2 is 2.05 bits per heavy atom. The van der Waals surface area contributed by atoms with Crippen molar-refractivity contribution in [3.63, 3.8) is 0 Å². The number of aliphatic hydroxyl groups is 1. The first-order valence-corrected chi connectivity index (χ1v) is 7.53. The first-order valence-electron chi connectivity index (χ1n) is 7.53. The SMILES string of the molecule is CCN(CC(C)(C)O)C(=O)C1CCCCN1C(C)C. The summed E-state index contributed by atoms with van der Waals surface area (Å²) in [6.45, 7) is 11.9. The van der Waals surface area contributed by atoms with E-state index in [0.717, 1.165) is 19.4 Å². The minimum absolute atomic E-state index is 0.00366. The molecule has 0 aromatic carbocycles. The van der Waals surface area contributed by atoms with Crippen molar-refractivity contribution in [2.24, 2.45) is 0 Å². The van der Waals surface area contributed by atoms with Crippen LogP contribution >= 0.6 is 0 Å². The van der Waals surface area contributed by atoms with E-state index >= 15 is 0 Å². The molecule has 19 heavy (non-hydrogen) atoms. The van der Waals surface area contributed by atoms with Crippen molar-refractivity contribution in [2.75, 3.05) is 19.6 Å². The molecule has 0 aliphatic carbocycles. The van der Waals surface area contributed by atoms with Crippen molar-refractivity contribution in [1.29, 1.82) is 0 Å². The molecule has 0 spiro atoms. The van der Waals surface area contributed by atoms with Crippen molar-refractivity contribution >= 4 is 5.91 Å². The van der Waals surface area contributed by atoms with E-state index in [9.17, 15) is 9.90 Å². The fraction of sp³-hybridized carbons (Fsp3) is 0.933. The van der Waals surface area contributed by atoms with Crippen molar-refractivity contribution in [3.8, 4) is 0 Å². The number of likely N-dealkylation sites (N-methyl/N-ethyl adjacent to an activating group) is 1. The number of amides is 1. The quantitative estimate of drug-likeness (QED) is 0.829. The molecule has 1 atom stereocenters. The van der Waals surface area contributed by atoms with E-state index < -0.39 is 5.60 Å². The Hall–Kier alpha value is -0.610. The molecular weight excluding hydrogens is 240 g/mol. The number of piperidine rings is 1. The van der Waals surface area contributed by atoms with Crippen molar-refractivity contribution < 1.29 is 9.90 Å². The first-order chi connectivity index (χ1) is 8.76. The van der Waals surface area contributed by atoms with Gasteiger partial charge in [0.1, 0.15) is 0 Å². The van der Waals surface area contributed by atoms with Gasteiger partial charge in [-0.1, -0.05) is 6.42 Å². The summed E-state index contributed by atoms with van der Waals surface area (Å²) in [5.74, 6) is 0.179. The smallest absolute Gasteiger partial charge is 0.240 e. The van der Waals surface area contributed by atoms with Gasteiger partial charge < -0.3 is 10.0 Å². The number of carbonyl (C=O) groups is 1. The van der Waals surface area contributed by atoms with Crippen molar-refractivity contribution in [1.82, 2.24) is 9.80 Å². The van der Waals surface area contributed by atoms with Crippen LogP contribution in [0.25, 0.3) is 0 Å². The molecule has 1 fully saturated rings. The number of rotatable bonds is 5. The van der Waals surface area contributed by atoms with Gasteiger partial charge in [-0.2, -0.15) is 0 Å². The molecule has 4 nitrogen and oxygen atoms in total. The normalized spacial score (nSPS) is 21.7. The second-order valence-corrected chi connectivity index (χ2v) is 6.51. The Morgan fingerprint density at radius 1 is 1.42 bits per heavy atom. The van der Waals surface area contributed by atoms with E-state index in [1.165, 1.54) is 6.42 Å². The molecular formula is C15H30N2O2. The van der Waals surface area contributed by atoms with Crippen LogP contribution in [0.15, 0.2) is 0 Å². The molecule has 0 aromatic heterocycles. The summed E-state index contributed by atoms with van der Waals surface area (Å²) in [5, 5.41) is 9.93. The molecule has 1 N–H and O–H groups in total. The lowest BCUT2D eigenvalue weighted by Crippen LogP contribution is -2.55. The fourth-order valence-corrected chi connectivity index (χ4v) is 2.86. The van der Waals surface area contributed by atoms with Crippen LogP contribution in [0.2, 0.25) is 0 Å². The number of nitrogens with zero attached hydrogens (tertiary/aromatic N) is 2. The lowest BCUT2D eigenvalue weighted by atomic mass is 9.98. The van der Waals surface area contributed by atoms with Gasteiger partial charge in [0.15, 0.2) is 0 Å². The number of likely N-dealkylation sites (tertiary alicyclic amines) is 1. The average Bonchev–Trinajstić information content (AvgIpc) is 2.34. The molecule has 4 heteroatoms. The van der Waals surface area contributed by atoms with Crippen LogP contribution in [-0.2, 0) is 4.79 Å². The fourth-order valence-electron chi connectivity index (χ4n) is 2.86. The number of carbonyl (C=O) groups excluding carboxylic acids is 1. The molecule has 1 amide bonds. The molecule has 0 saturated carbocycles. The maximum atomic E-state index is 12.7. The van der Waals surface area contributed by atoms with Crippen LogP contribution in [0, 0.1) is 0 Å². The van der Waals surface area contributed by atoms with Gasteiger partial charge in [-0.15, -0.1) is 0 Å². The van der Waals surface area contributed by atoms with Gasteiger partial charge in [-0.25, -0.2) is 0 Å². The van der Waals surface area contributed by atoms with E-state index in [1.54, 1.807) is 18.7 Å². The van der Waals surface area contributed by atoms with Crippen LogP contribution in [0.3, 0.4) is 0 Å². The molecule has 1 aliphatic heterocycles. The molecule has 1 saturated heterocycles. The summed E-state index contributed by atoms with van der Waals surface area (Å²) >= 11 is 0. The third-order valence-electron chi connectivity index (χ3n) is 3.76. The predicted octanol–water partition coefficient (Wildman–Crippen LogP) is 1.87. The molecule has 0 radical (unpaired) electrons. The lowest BCUT2D eigenvalue weighted by Gasteiger charge is -2.40. The highest BCUT2D eigenvalue weighted by Gasteiger charge is 2.34. The second-order valence-electron chi connectivity index (χ2n) is 6.51. The Kier molecular flexibility index (Phi) is 5.81. The van der Waals surface area contributed by atoms with E-state index in [4.69, 9.17) is 0 Å². The van der Waals surface area contributed by atoms with Crippen LogP contribution in [-0.4, -0.2) is 58.1 Å². The highest BCUT2D eigenvalue weighted by Crippen LogP contribution is 2.22. The summed E-state index contributed by atoms with van der Waals surface area (Å²) in [6, 6.07) is 0.395. The summed E-state index contributed by atoms with van der Waals surface area (Å²) < 4.78 is 0. The molecule has 1 rings (SSSR count). The Bertz CT molecular complexity index is 297. The van der Waals surface area contributed by atoms with Gasteiger partial charge in [0.05, 0.1) is 11.6 Å². The summed E-state index contributed by atoms with van der Waals surface area (Å²) in [6.07, 6.45) is 3.25. The third-order valence-corrected chi connectivity index (χ3v) is 3.76. The first kappa shape index (κ1) is 16.4. The van der Waals surface area contributed by atoms with E-state index in [1.807, 2.05) is 6.92 Å². The topological polar surface area (TPSA) is 43.8 Å². The van der Waals surface area contributed by atoms with Gasteiger partial charge in [-0.3, -0.25) is 9.69 Å². The molecule has 112 valence electrons. The second kappa shape index (κ2) is 6.71. The van der Waals surface area contributed by atoms with Gasteiger partial charge in [0.25, 0.3) is 0 Å². The van der Waals surface area contributed by atoms with Crippen molar-refractivity contribution in [3.05, 3.63) is 0 Å². The summed E-state index contributed by atoms with van der Waals surface area (Å²) in [7, 11) is 0. The van der Waals surface area contributed by atoms with Gasteiger partial charge >= 0.3 is 0 Å². The highest BCUT2D eigenvalue weighted by atomic mass is 16.3. The standard InChI is InChI=1S/C15H30N2O2/c1-6-16(11-15(4,5)19)14(18)13-9-7-8-10-17(13)12(2)3/h12-13,19H,6-11H2,1-5H3. The van der Waals surface area contributed by atoms with Gasteiger partial charge in [0, 0.05) is 19.1 Å². The zero-order valence-corrected chi connectivity index (χ0v) is 13.1. The van der Waals surface area contributed by atoms with Gasteiger partial charge in [0.2, 0.25) is 5.91 Å². The minimum Gasteiger partial charge on any atom is -0.389 e. The summed E-state index contributed by atoms with van der Waals surface area (Å²) in [5.41, 5.74) is -0.830. The number of hydrogen-bond donors (Lipinski definition) is 1. The molecule has 1 aliphatic rings. The van der Waals surface area contributed by atoms with E-state index in [0.29, 0.717) is 19.1 Å². The van der Waals surface area contributed by atoms with Gasteiger partial charge in [-0.05, 0) is 54.0 Å². The van der Waals surface area contributed by atoms with E-state index in [2.05, 4.69) is 18.7 Å². The monoisotopic (exact) mass is 270 g/mol. The van der Waals surface area contributed by atoms with Crippen molar-refractivity contribution in [2.45, 2.75) is 71.6 Å². The molecule has 0 bridgehead atoms. The third kappa shape index (κ3) is 4.77. The summed E-state index contributed by atoms with van der Waals surface area (Å²) in [4.78, 5) is 16.8. The zero-order valence-electron chi connectivity index (χ0n) is 13.1. The maximum Gasteiger partial charge on any atom is 0.240 e. The Labute approximate surface area is 117 Å². The molecule has 0 aromatic rings. The van der Waals surface area contributed by atoms with Crippen LogP contribution in [0.1, 0.15) is 53.9 Å². The predicted molar refractivity (Wildman–Crippen MR) is 78.0 cm³/mol. The molecule has 1 heterocycles. The Balaban J connectivity index is 2.77. The lowest BCUT2D eigenvalue weighted by molar-refractivity contribution is -0.142. The molecule has 1 unspecified atom stereocenters. The van der Waals surface area contributed by atoms with E-state index in [-0.39, 0.29) is 11.9 Å².